The first-order valence-electron chi connectivity index (χ1n) is 5.62. The van der Waals surface area contributed by atoms with Gasteiger partial charge in [-0.2, -0.15) is 0 Å². The van der Waals surface area contributed by atoms with Crippen LogP contribution < -0.4 is 11.1 Å². The van der Waals surface area contributed by atoms with E-state index in [4.69, 9.17) is 10.8 Å². The summed E-state index contributed by atoms with van der Waals surface area (Å²) in [6.45, 7) is 1.93. The number of amides is 2. The second-order valence-electron chi connectivity index (χ2n) is 3.75. The van der Waals surface area contributed by atoms with Crippen molar-refractivity contribution in [3.63, 3.8) is 0 Å². The Bertz CT molecular complexity index is 550. The van der Waals surface area contributed by atoms with Gasteiger partial charge in [-0.15, -0.1) is 11.3 Å². The lowest BCUT2D eigenvalue weighted by Gasteiger charge is -2.03. The van der Waals surface area contributed by atoms with Crippen molar-refractivity contribution < 1.29 is 24.2 Å². The minimum atomic E-state index is -1.05. The fourth-order valence-corrected chi connectivity index (χ4v) is 2.32. The van der Waals surface area contributed by atoms with Crippen molar-refractivity contribution in [2.75, 3.05) is 13.2 Å². The highest BCUT2D eigenvalue weighted by Gasteiger charge is 2.11. The zero-order valence-electron chi connectivity index (χ0n) is 10.7. The Morgan fingerprint density at radius 3 is 2.80 bits per heavy atom. The van der Waals surface area contributed by atoms with Crippen molar-refractivity contribution >= 4 is 35.4 Å². The number of rotatable bonds is 6. The van der Waals surface area contributed by atoms with Crippen LogP contribution in [0.2, 0.25) is 0 Å². The standard InChI is InChI=1S/C12H14N2O5S/c1-7-6-9(20-8(7)2-3-10(15)16)11(17)14-4-5-19-12(13)18/h2-3,6H,4-5H2,1H3,(H2,13,18)(H,14,17)(H,15,16)/b3-2+. The first-order chi connectivity index (χ1) is 9.40. The predicted molar refractivity (Wildman–Crippen MR) is 73.6 cm³/mol. The Morgan fingerprint density at radius 2 is 2.20 bits per heavy atom. The lowest BCUT2D eigenvalue weighted by Crippen LogP contribution is -2.28. The number of carboxylic acids is 1. The zero-order valence-corrected chi connectivity index (χ0v) is 11.5. The van der Waals surface area contributed by atoms with Crippen LogP contribution in [0.4, 0.5) is 4.79 Å². The van der Waals surface area contributed by atoms with Gasteiger partial charge in [-0.25, -0.2) is 9.59 Å². The summed E-state index contributed by atoms with van der Waals surface area (Å²) in [7, 11) is 0. The summed E-state index contributed by atoms with van der Waals surface area (Å²) >= 11 is 1.18. The monoisotopic (exact) mass is 298 g/mol. The van der Waals surface area contributed by atoms with Crippen LogP contribution in [0, 0.1) is 6.92 Å². The third kappa shape index (κ3) is 5.11. The number of carbonyl (C=O) groups is 3. The van der Waals surface area contributed by atoms with E-state index in [2.05, 4.69) is 10.1 Å². The number of hydrogen-bond acceptors (Lipinski definition) is 5. The molecule has 20 heavy (non-hydrogen) atoms. The van der Waals surface area contributed by atoms with Crippen LogP contribution in [0.5, 0.6) is 0 Å². The molecule has 0 saturated heterocycles. The maximum Gasteiger partial charge on any atom is 0.404 e. The van der Waals surface area contributed by atoms with Gasteiger partial charge < -0.3 is 20.9 Å². The number of aryl methyl sites for hydroxylation is 1. The van der Waals surface area contributed by atoms with Gasteiger partial charge in [-0.3, -0.25) is 4.79 Å². The number of primary amides is 1. The van der Waals surface area contributed by atoms with Crippen LogP contribution in [-0.4, -0.2) is 36.2 Å². The molecule has 4 N–H and O–H groups in total. The highest BCUT2D eigenvalue weighted by molar-refractivity contribution is 7.15. The van der Waals surface area contributed by atoms with Crippen molar-refractivity contribution in [1.29, 1.82) is 0 Å². The first kappa shape index (κ1) is 15.7. The molecule has 0 radical (unpaired) electrons. The fraction of sp³-hybridized carbons (Fsp3) is 0.250. The van der Waals surface area contributed by atoms with E-state index < -0.39 is 12.1 Å². The molecule has 0 atom stereocenters. The number of hydrogen-bond donors (Lipinski definition) is 3. The van der Waals surface area contributed by atoms with Crippen molar-refractivity contribution in [2.45, 2.75) is 6.92 Å². The van der Waals surface area contributed by atoms with E-state index in [1.165, 1.54) is 17.4 Å². The quantitative estimate of drug-likeness (QED) is 0.534. The van der Waals surface area contributed by atoms with E-state index >= 15 is 0 Å². The molecule has 7 nitrogen and oxygen atoms in total. The minimum absolute atomic E-state index is 0.00277. The van der Waals surface area contributed by atoms with Gasteiger partial charge in [-0.1, -0.05) is 0 Å². The third-order valence-corrected chi connectivity index (χ3v) is 3.39. The second-order valence-corrected chi connectivity index (χ2v) is 4.84. The minimum Gasteiger partial charge on any atom is -0.478 e. The summed E-state index contributed by atoms with van der Waals surface area (Å²) < 4.78 is 4.47. The number of ether oxygens (including phenoxy) is 1. The van der Waals surface area contributed by atoms with Crippen molar-refractivity contribution in [3.8, 4) is 0 Å². The molecule has 1 heterocycles. The van der Waals surface area contributed by atoms with Gasteiger partial charge in [-0.05, 0) is 24.6 Å². The number of aliphatic carboxylic acids is 1. The molecule has 8 heteroatoms. The van der Waals surface area contributed by atoms with Crippen LogP contribution in [0.15, 0.2) is 12.1 Å². The Labute approximate surface area is 119 Å². The maximum absolute atomic E-state index is 11.8. The molecule has 0 aromatic carbocycles. The van der Waals surface area contributed by atoms with Crippen molar-refractivity contribution in [3.05, 3.63) is 27.5 Å². The predicted octanol–water partition coefficient (Wildman–Crippen LogP) is 0.979. The molecular formula is C12H14N2O5S. The topological polar surface area (TPSA) is 119 Å². The summed E-state index contributed by atoms with van der Waals surface area (Å²) in [4.78, 5) is 33.7. The summed E-state index contributed by atoms with van der Waals surface area (Å²) in [6, 6.07) is 1.66. The molecule has 0 bridgehead atoms. The van der Waals surface area contributed by atoms with E-state index in [0.717, 1.165) is 11.6 Å². The zero-order chi connectivity index (χ0) is 15.1. The highest BCUT2D eigenvalue weighted by Crippen LogP contribution is 2.23. The van der Waals surface area contributed by atoms with Crippen LogP contribution in [0.3, 0.4) is 0 Å². The number of nitrogens with one attached hydrogen (secondary N) is 1. The molecule has 0 aliphatic carbocycles. The molecule has 1 aromatic heterocycles. The van der Waals surface area contributed by atoms with Gasteiger partial charge in [0, 0.05) is 11.0 Å². The molecule has 0 saturated carbocycles. The Morgan fingerprint density at radius 1 is 1.50 bits per heavy atom. The molecule has 2 amide bonds. The first-order valence-corrected chi connectivity index (χ1v) is 6.43. The average molecular weight is 298 g/mol. The molecular weight excluding hydrogens is 284 g/mol. The Hall–Kier alpha value is -2.35. The largest absolute Gasteiger partial charge is 0.478 e. The van der Waals surface area contributed by atoms with Crippen LogP contribution in [-0.2, 0) is 9.53 Å². The molecule has 1 rings (SSSR count). The van der Waals surface area contributed by atoms with Gasteiger partial charge in [0.2, 0.25) is 0 Å². The third-order valence-electron chi connectivity index (χ3n) is 2.19. The fourth-order valence-electron chi connectivity index (χ4n) is 1.32. The molecule has 0 unspecified atom stereocenters. The van der Waals surface area contributed by atoms with Crippen LogP contribution in [0.25, 0.3) is 6.08 Å². The van der Waals surface area contributed by atoms with Crippen molar-refractivity contribution in [2.24, 2.45) is 5.73 Å². The van der Waals surface area contributed by atoms with Crippen LogP contribution in [0.1, 0.15) is 20.1 Å². The Balaban J connectivity index is 2.59. The van der Waals surface area contributed by atoms with E-state index in [0.29, 0.717) is 9.75 Å². The summed E-state index contributed by atoms with van der Waals surface area (Å²) in [5.74, 6) is -1.37. The highest BCUT2D eigenvalue weighted by atomic mass is 32.1. The number of thiophene rings is 1. The lowest BCUT2D eigenvalue weighted by atomic mass is 10.2. The van der Waals surface area contributed by atoms with Gasteiger partial charge in [0.15, 0.2) is 0 Å². The number of carboxylic acid groups (broad SMARTS) is 1. The normalized spacial score (nSPS) is 10.4. The maximum atomic E-state index is 11.8. The smallest absolute Gasteiger partial charge is 0.404 e. The van der Waals surface area contributed by atoms with Crippen LogP contribution >= 0.6 is 11.3 Å². The molecule has 108 valence electrons. The molecule has 0 spiro atoms. The average Bonchev–Trinajstić information content (AvgIpc) is 2.73. The number of carbonyl (C=O) groups excluding carboxylic acids is 2. The van der Waals surface area contributed by atoms with E-state index in [1.807, 2.05) is 0 Å². The summed E-state index contributed by atoms with van der Waals surface area (Å²) in [5.41, 5.74) is 5.59. The van der Waals surface area contributed by atoms with Gasteiger partial charge >= 0.3 is 12.1 Å². The summed E-state index contributed by atoms with van der Waals surface area (Å²) in [5, 5.41) is 11.1. The summed E-state index contributed by atoms with van der Waals surface area (Å²) in [6.07, 6.45) is 1.56. The SMILES string of the molecule is Cc1cc(C(=O)NCCOC(N)=O)sc1/C=C/C(=O)O. The van der Waals surface area contributed by atoms with E-state index in [-0.39, 0.29) is 19.1 Å². The molecule has 1 aromatic rings. The lowest BCUT2D eigenvalue weighted by molar-refractivity contribution is -0.131. The number of nitrogens with two attached hydrogens (primary N) is 1. The van der Waals surface area contributed by atoms with Crippen molar-refractivity contribution in [1.82, 2.24) is 5.32 Å². The Kier molecular flexibility index (Phi) is 5.73. The molecule has 0 aliphatic rings. The van der Waals surface area contributed by atoms with Gasteiger partial charge in [0.1, 0.15) is 6.61 Å². The molecule has 0 aliphatic heterocycles. The van der Waals surface area contributed by atoms with Gasteiger partial charge in [0.05, 0.1) is 11.4 Å². The van der Waals surface area contributed by atoms with E-state index in [1.54, 1.807) is 13.0 Å². The molecule has 0 fully saturated rings. The van der Waals surface area contributed by atoms with Gasteiger partial charge in [0.25, 0.3) is 5.91 Å². The second kappa shape index (κ2) is 7.29. The van der Waals surface area contributed by atoms with E-state index in [9.17, 15) is 14.4 Å².